The molecule has 0 aliphatic carbocycles. The van der Waals surface area contributed by atoms with Gasteiger partial charge >= 0.3 is 0 Å². The first kappa shape index (κ1) is 13.5. The zero-order valence-corrected chi connectivity index (χ0v) is 11.5. The van der Waals surface area contributed by atoms with Gasteiger partial charge in [-0.3, -0.25) is 4.79 Å². The summed E-state index contributed by atoms with van der Waals surface area (Å²) in [5.74, 6) is 0.00169. The minimum atomic E-state index is -0.240. The maximum absolute atomic E-state index is 12.2. The number of aromatic nitrogens is 1. The number of rotatable bonds is 3. The Morgan fingerprint density at radius 3 is 2.68 bits per heavy atom. The minimum absolute atomic E-state index is 0.178. The molecule has 0 saturated heterocycles. The highest BCUT2D eigenvalue weighted by Crippen LogP contribution is 2.28. The van der Waals surface area contributed by atoms with Crippen molar-refractivity contribution >= 4 is 17.5 Å². The van der Waals surface area contributed by atoms with Gasteiger partial charge in [-0.2, -0.15) is 0 Å². The van der Waals surface area contributed by atoms with E-state index in [0.29, 0.717) is 16.3 Å². The first-order valence-corrected chi connectivity index (χ1v) is 6.27. The zero-order valence-electron chi connectivity index (χ0n) is 10.7. The molecule has 1 heterocycles. The van der Waals surface area contributed by atoms with E-state index in [0.717, 1.165) is 0 Å². The number of carbonyl (C=O) groups excluding carboxylic acids is 1. The van der Waals surface area contributed by atoms with Crippen molar-refractivity contribution in [2.24, 2.45) is 0 Å². The fraction of sp³-hybridized carbons (Fsp3) is 0.214. The van der Waals surface area contributed by atoms with Gasteiger partial charge in [-0.15, -0.1) is 0 Å². The Balaban J connectivity index is 2.22. The van der Waals surface area contributed by atoms with Crippen LogP contribution in [0, 0.1) is 0 Å². The number of aromatic hydroxyl groups is 1. The van der Waals surface area contributed by atoms with E-state index in [2.05, 4.69) is 4.98 Å². The number of hydrogen-bond acceptors (Lipinski definition) is 2. The van der Waals surface area contributed by atoms with Gasteiger partial charge in [-0.25, -0.2) is 0 Å². The molecular weight excluding hydrogens is 264 g/mol. The van der Waals surface area contributed by atoms with Crippen molar-refractivity contribution < 1.29 is 9.90 Å². The van der Waals surface area contributed by atoms with Crippen molar-refractivity contribution in [2.75, 3.05) is 7.05 Å². The number of aromatic amines is 1. The van der Waals surface area contributed by atoms with Crippen LogP contribution in [-0.4, -0.2) is 27.9 Å². The molecule has 2 N–H and O–H groups in total. The maximum Gasteiger partial charge on any atom is 0.270 e. The second-order valence-electron chi connectivity index (χ2n) is 4.38. The third-order valence-electron chi connectivity index (χ3n) is 3.17. The number of phenolic OH excluding ortho intramolecular Hbond substituents is 1. The van der Waals surface area contributed by atoms with Gasteiger partial charge in [0, 0.05) is 18.8 Å². The molecule has 1 unspecified atom stereocenters. The van der Waals surface area contributed by atoms with E-state index in [-0.39, 0.29) is 17.7 Å². The largest absolute Gasteiger partial charge is 0.508 e. The fourth-order valence-corrected chi connectivity index (χ4v) is 2.07. The van der Waals surface area contributed by atoms with Crippen LogP contribution in [0.2, 0.25) is 5.02 Å². The number of phenols is 1. The molecule has 2 aromatic rings. The van der Waals surface area contributed by atoms with E-state index in [1.807, 2.05) is 13.0 Å². The van der Waals surface area contributed by atoms with Crippen LogP contribution in [0.25, 0.3) is 0 Å². The molecule has 0 radical (unpaired) electrons. The molecule has 5 heteroatoms. The average Bonchev–Trinajstić information content (AvgIpc) is 2.83. The Morgan fingerprint density at radius 2 is 2.11 bits per heavy atom. The van der Waals surface area contributed by atoms with Crippen molar-refractivity contribution in [1.82, 2.24) is 9.88 Å². The summed E-state index contributed by atoms with van der Waals surface area (Å²) in [6, 6.07) is 8.32. The number of amides is 1. The van der Waals surface area contributed by atoms with Crippen molar-refractivity contribution in [1.29, 1.82) is 0 Å². The van der Waals surface area contributed by atoms with Crippen LogP contribution in [0.15, 0.2) is 36.5 Å². The molecule has 0 aliphatic heterocycles. The lowest BCUT2D eigenvalue weighted by Gasteiger charge is -2.25. The highest BCUT2D eigenvalue weighted by Gasteiger charge is 2.21. The van der Waals surface area contributed by atoms with Gasteiger partial charge in [0.15, 0.2) is 0 Å². The lowest BCUT2D eigenvalue weighted by molar-refractivity contribution is 0.0736. The highest BCUT2D eigenvalue weighted by molar-refractivity contribution is 6.30. The normalized spacial score (nSPS) is 12.2. The van der Waals surface area contributed by atoms with Crippen LogP contribution < -0.4 is 0 Å². The molecule has 1 amide bonds. The molecule has 0 spiro atoms. The summed E-state index contributed by atoms with van der Waals surface area (Å²) in [5.41, 5.74) is 1.13. The van der Waals surface area contributed by atoms with E-state index < -0.39 is 0 Å². The molecule has 2 rings (SSSR count). The van der Waals surface area contributed by atoms with Crippen LogP contribution in [0.3, 0.4) is 0 Å². The molecule has 0 aliphatic rings. The zero-order chi connectivity index (χ0) is 14.0. The van der Waals surface area contributed by atoms with Gasteiger partial charge in [-0.1, -0.05) is 29.8 Å². The topological polar surface area (TPSA) is 56.3 Å². The predicted molar refractivity (Wildman–Crippen MR) is 74.4 cm³/mol. The van der Waals surface area contributed by atoms with Crippen LogP contribution in [0.4, 0.5) is 0 Å². The SMILES string of the molecule is CC(c1ccccc1O)N(C)C(=O)c1cc(Cl)c[nH]1. The quantitative estimate of drug-likeness (QED) is 0.906. The van der Waals surface area contributed by atoms with Gasteiger partial charge in [0.25, 0.3) is 5.91 Å². The Kier molecular flexibility index (Phi) is 3.81. The lowest BCUT2D eigenvalue weighted by Crippen LogP contribution is -2.29. The smallest absolute Gasteiger partial charge is 0.270 e. The molecular formula is C14H15ClN2O2. The van der Waals surface area contributed by atoms with Gasteiger partial charge in [0.2, 0.25) is 0 Å². The molecule has 1 aromatic carbocycles. The summed E-state index contributed by atoms with van der Waals surface area (Å²) in [7, 11) is 1.69. The second kappa shape index (κ2) is 5.36. The summed E-state index contributed by atoms with van der Waals surface area (Å²) in [4.78, 5) is 16.6. The van der Waals surface area contributed by atoms with Gasteiger partial charge < -0.3 is 15.0 Å². The number of nitrogens with zero attached hydrogens (tertiary/aromatic N) is 1. The summed E-state index contributed by atoms with van der Waals surface area (Å²) in [5, 5.41) is 10.3. The maximum atomic E-state index is 12.2. The number of halogens is 1. The number of hydrogen-bond donors (Lipinski definition) is 2. The monoisotopic (exact) mass is 278 g/mol. The number of benzene rings is 1. The van der Waals surface area contributed by atoms with Gasteiger partial charge in [0.05, 0.1) is 11.1 Å². The number of para-hydroxylation sites is 1. The van der Waals surface area contributed by atoms with Crippen molar-refractivity contribution in [3.8, 4) is 5.75 Å². The number of carbonyl (C=O) groups is 1. The lowest BCUT2D eigenvalue weighted by atomic mass is 10.1. The number of H-pyrrole nitrogens is 1. The van der Waals surface area contributed by atoms with Crippen LogP contribution in [0.1, 0.15) is 29.0 Å². The Bertz CT molecular complexity index is 595. The van der Waals surface area contributed by atoms with E-state index in [1.165, 1.54) is 0 Å². The summed E-state index contributed by atoms with van der Waals surface area (Å²) < 4.78 is 0. The molecule has 0 saturated carbocycles. The summed E-state index contributed by atoms with van der Waals surface area (Å²) >= 11 is 5.79. The van der Waals surface area contributed by atoms with E-state index in [1.54, 1.807) is 42.4 Å². The molecule has 1 aromatic heterocycles. The summed E-state index contributed by atoms with van der Waals surface area (Å²) in [6.07, 6.45) is 1.56. The molecule has 4 nitrogen and oxygen atoms in total. The third-order valence-corrected chi connectivity index (χ3v) is 3.38. The third kappa shape index (κ3) is 2.74. The average molecular weight is 279 g/mol. The van der Waals surface area contributed by atoms with E-state index >= 15 is 0 Å². The second-order valence-corrected chi connectivity index (χ2v) is 4.82. The van der Waals surface area contributed by atoms with Crippen molar-refractivity contribution in [3.63, 3.8) is 0 Å². The number of nitrogens with one attached hydrogen (secondary N) is 1. The molecule has 1 atom stereocenters. The Hall–Kier alpha value is -1.94. The van der Waals surface area contributed by atoms with Crippen molar-refractivity contribution in [3.05, 3.63) is 52.8 Å². The molecule has 0 fully saturated rings. The molecule has 19 heavy (non-hydrogen) atoms. The first-order valence-electron chi connectivity index (χ1n) is 5.89. The van der Waals surface area contributed by atoms with E-state index in [9.17, 15) is 9.90 Å². The highest BCUT2D eigenvalue weighted by atomic mass is 35.5. The molecule has 100 valence electrons. The Labute approximate surface area is 116 Å². The molecule has 0 bridgehead atoms. The first-order chi connectivity index (χ1) is 9.00. The summed E-state index contributed by atoms with van der Waals surface area (Å²) in [6.45, 7) is 1.86. The van der Waals surface area contributed by atoms with E-state index in [4.69, 9.17) is 11.6 Å². The fourth-order valence-electron chi connectivity index (χ4n) is 1.91. The van der Waals surface area contributed by atoms with Crippen LogP contribution in [-0.2, 0) is 0 Å². The Morgan fingerprint density at radius 1 is 1.42 bits per heavy atom. The van der Waals surface area contributed by atoms with Crippen molar-refractivity contribution in [2.45, 2.75) is 13.0 Å². The van der Waals surface area contributed by atoms with Gasteiger partial charge in [-0.05, 0) is 19.1 Å². The van der Waals surface area contributed by atoms with Crippen LogP contribution >= 0.6 is 11.6 Å². The standard InChI is InChI=1S/C14H15ClN2O2/c1-9(11-5-3-4-6-13(11)18)17(2)14(19)12-7-10(15)8-16-12/h3-9,16,18H,1-2H3. The predicted octanol–water partition coefficient (Wildman–Crippen LogP) is 3.21. The van der Waals surface area contributed by atoms with Crippen LogP contribution in [0.5, 0.6) is 5.75 Å². The van der Waals surface area contributed by atoms with Gasteiger partial charge in [0.1, 0.15) is 11.4 Å². The minimum Gasteiger partial charge on any atom is -0.508 e.